The van der Waals surface area contributed by atoms with Crippen LogP contribution in [0.5, 0.6) is 0 Å². The predicted octanol–water partition coefficient (Wildman–Crippen LogP) is 15.3. The van der Waals surface area contributed by atoms with Gasteiger partial charge in [-0.25, -0.2) is 15.0 Å². The van der Waals surface area contributed by atoms with Crippen molar-refractivity contribution in [2.75, 3.05) is 0 Å². The number of pyridine rings is 1. The molecule has 0 saturated carbocycles. The lowest BCUT2D eigenvalue weighted by atomic mass is 9.60. The molecule has 4 aliphatic carbocycles. The molecule has 0 N–H and O–H groups in total. The molecule has 2 atom stereocenters. The minimum atomic E-state index is -0.537. The summed E-state index contributed by atoms with van der Waals surface area (Å²) in [5.41, 5.74) is 23.8. The second kappa shape index (κ2) is 15.9. The fraction of sp³-hybridized carbons (Fsp3) is 0.0606. The first-order valence-corrected chi connectivity index (χ1v) is 24.2. The number of nitrogens with zero attached hydrogens (tertiary/aromatic N) is 4. The van der Waals surface area contributed by atoms with Crippen LogP contribution in [-0.2, 0) is 5.41 Å². The third-order valence-electron chi connectivity index (χ3n) is 15.1. The zero-order valence-electron chi connectivity index (χ0n) is 38.5. The van der Waals surface area contributed by atoms with Gasteiger partial charge in [0.05, 0.1) is 5.41 Å². The van der Waals surface area contributed by atoms with Gasteiger partial charge in [0.25, 0.3) is 0 Å². The zero-order chi connectivity index (χ0) is 46.3. The van der Waals surface area contributed by atoms with Crippen LogP contribution in [0.1, 0.15) is 73.0 Å². The van der Waals surface area contributed by atoms with Crippen LogP contribution in [0.3, 0.4) is 0 Å². The Hall–Kier alpha value is -8.86. The highest BCUT2D eigenvalue weighted by Crippen LogP contribution is 2.59. The van der Waals surface area contributed by atoms with Crippen molar-refractivity contribution in [3.05, 3.63) is 298 Å². The Morgan fingerprint density at radius 2 is 0.800 bits per heavy atom. The van der Waals surface area contributed by atoms with E-state index in [1.54, 1.807) is 0 Å². The van der Waals surface area contributed by atoms with E-state index in [0.717, 1.165) is 33.4 Å². The third-order valence-corrected chi connectivity index (χ3v) is 15.1. The summed E-state index contributed by atoms with van der Waals surface area (Å²) in [4.78, 5) is 20.4. The van der Waals surface area contributed by atoms with Gasteiger partial charge in [0.2, 0.25) is 0 Å². The van der Waals surface area contributed by atoms with Crippen LogP contribution in [0.4, 0.5) is 0 Å². The van der Waals surface area contributed by atoms with Crippen molar-refractivity contribution < 1.29 is 0 Å². The number of rotatable bonds is 7. The average Bonchev–Trinajstić information content (AvgIpc) is 3.74. The summed E-state index contributed by atoms with van der Waals surface area (Å²) in [7, 11) is 0. The van der Waals surface area contributed by atoms with E-state index in [1.165, 1.54) is 77.9 Å². The smallest absolute Gasteiger partial charge is 0.164 e. The first-order chi connectivity index (χ1) is 34.6. The van der Waals surface area contributed by atoms with Crippen molar-refractivity contribution in [3.8, 4) is 67.5 Å². The molecule has 0 saturated heterocycles. The summed E-state index contributed by atoms with van der Waals surface area (Å²) in [5.74, 6) is 2.24. The van der Waals surface area contributed by atoms with Gasteiger partial charge in [-0.3, -0.25) is 4.98 Å². The van der Waals surface area contributed by atoms with Crippen LogP contribution < -0.4 is 0 Å². The van der Waals surface area contributed by atoms with Crippen LogP contribution in [0, 0.1) is 6.92 Å². The van der Waals surface area contributed by atoms with Crippen molar-refractivity contribution in [3.63, 3.8) is 0 Å². The van der Waals surface area contributed by atoms with E-state index in [4.69, 9.17) is 15.0 Å². The highest BCUT2D eigenvalue weighted by Gasteiger charge is 2.47. The minimum Gasteiger partial charge on any atom is -0.264 e. The average molecular weight is 893 g/mol. The van der Waals surface area contributed by atoms with Gasteiger partial charge >= 0.3 is 0 Å². The van der Waals surface area contributed by atoms with Crippen molar-refractivity contribution in [1.82, 2.24) is 19.9 Å². The maximum Gasteiger partial charge on any atom is 0.164 e. The molecule has 15 rings (SSSR count). The summed E-state index contributed by atoms with van der Waals surface area (Å²) in [5, 5.41) is 0. The molecular formula is C66H44N4. The third kappa shape index (κ3) is 6.09. The monoisotopic (exact) mass is 892 g/mol. The lowest BCUT2D eigenvalue weighted by Gasteiger charge is -2.42. The first-order valence-electron chi connectivity index (χ1n) is 24.2. The van der Waals surface area contributed by atoms with E-state index in [0.29, 0.717) is 17.5 Å². The van der Waals surface area contributed by atoms with Crippen molar-refractivity contribution in [1.29, 1.82) is 0 Å². The fourth-order valence-electron chi connectivity index (χ4n) is 12.1. The number of hydrogen-bond donors (Lipinski definition) is 0. The van der Waals surface area contributed by atoms with Crippen LogP contribution >= 0.6 is 0 Å². The number of aryl methyl sites for hydroxylation is 1. The molecule has 9 aromatic carbocycles. The molecule has 4 nitrogen and oxygen atoms in total. The molecule has 0 radical (unpaired) electrons. The first kappa shape index (κ1) is 40.2. The molecular weight excluding hydrogens is 849 g/mol. The van der Waals surface area contributed by atoms with Gasteiger partial charge in [-0.1, -0.05) is 206 Å². The van der Waals surface area contributed by atoms with Gasteiger partial charge in [-0.2, -0.15) is 0 Å². The largest absolute Gasteiger partial charge is 0.264 e. The molecule has 2 bridgehead atoms. The van der Waals surface area contributed by atoms with E-state index in [-0.39, 0.29) is 11.8 Å². The maximum absolute atomic E-state index is 5.38. The maximum atomic E-state index is 5.38. The number of benzene rings is 9. The van der Waals surface area contributed by atoms with Gasteiger partial charge in [-0.15, -0.1) is 0 Å². The Kier molecular flexibility index (Phi) is 9.12. The van der Waals surface area contributed by atoms with Gasteiger partial charge < -0.3 is 0 Å². The molecule has 0 fully saturated rings. The van der Waals surface area contributed by atoms with E-state index >= 15 is 0 Å². The van der Waals surface area contributed by atoms with Crippen LogP contribution in [0.15, 0.2) is 237 Å². The Labute approximate surface area is 407 Å². The van der Waals surface area contributed by atoms with Crippen molar-refractivity contribution in [2.45, 2.75) is 24.2 Å². The lowest BCUT2D eigenvalue weighted by molar-refractivity contribution is 0.755. The molecule has 4 aliphatic rings. The van der Waals surface area contributed by atoms with Crippen molar-refractivity contribution >= 4 is 0 Å². The second-order valence-corrected chi connectivity index (χ2v) is 18.9. The summed E-state index contributed by atoms with van der Waals surface area (Å²) in [6.45, 7) is 2.11. The zero-order valence-corrected chi connectivity index (χ0v) is 38.5. The highest BCUT2D eigenvalue weighted by molar-refractivity contribution is 5.94. The summed E-state index contributed by atoms with van der Waals surface area (Å²) < 4.78 is 0. The molecule has 11 aromatic rings. The molecule has 0 spiro atoms. The van der Waals surface area contributed by atoms with E-state index in [1.807, 2.05) is 30.6 Å². The van der Waals surface area contributed by atoms with Crippen LogP contribution in [-0.4, -0.2) is 19.9 Å². The topological polar surface area (TPSA) is 51.6 Å². The normalized spacial score (nSPS) is 15.3. The highest BCUT2D eigenvalue weighted by atomic mass is 15.0. The molecule has 4 heteroatoms. The number of hydrogen-bond acceptors (Lipinski definition) is 4. The summed E-state index contributed by atoms with van der Waals surface area (Å²) in [6, 6.07) is 81.8. The Balaban J connectivity index is 0.874. The Morgan fingerprint density at radius 3 is 1.43 bits per heavy atom. The Bertz CT molecular complexity index is 3800. The summed E-state index contributed by atoms with van der Waals surface area (Å²) in [6.07, 6.45) is 3.90. The molecule has 0 aliphatic heterocycles. The molecule has 2 aromatic heterocycles. The second-order valence-electron chi connectivity index (χ2n) is 18.9. The van der Waals surface area contributed by atoms with Gasteiger partial charge in [-0.05, 0) is 114 Å². The molecule has 2 unspecified atom stereocenters. The predicted molar refractivity (Wildman–Crippen MR) is 282 cm³/mol. The SMILES string of the molecule is Cc1cncc(-c2ccc3c(c2)C2c4ccccc4C3c3cc(-c4ccc(-c5nc(-c6ccccc6)nc(-c6cccc7c6-c6ccccc6C7(c6ccccc6)c6ccccc6)n5)cc4)ccc32)c1. The fourth-order valence-corrected chi connectivity index (χ4v) is 12.1. The van der Waals surface area contributed by atoms with Crippen molar-refractivity contribution in [2.24, 2.45) is 0 Å². The number of aromatic nitrogens is 4. The van der Waals surface area contributed by atoms with Gasteiger partial charge in [0.15, 0.2) is 17.5 Å². The molecule has 0 amide bonds. The summed E-state index contributed by atoms with van der Waals surface area (Å²) >= 11 is 0. The molecule has 2 heterocycles. The van der Waals surface area contributed by atoms with E-state index in [9.17, 15) is 0 Å². The molecule has 328 valence electrons. The van der Waals surface area contributed by atoms with Gasteiger partial charge in [0.1, 0.15) is 0 Å². The minimum absolute atomic E-state index is 0.159. The quantitative estimate of drug-likeness (QED) is 0.160. The van der Waals surface area contributed by atoms with Crippen LogP contribution in [0.25, 0.3) is 67.5 Å². The lowest BCUT2D eigenvalue weighted by Crippen LogP contribution is -2.28. The number of fused-ring (bicyclic) bond motifs is 3. The molecule has 70 heavy (non-hydrogen) atoms. The van der Waals surface area contributed by atoms with Gasteiger partial charge in [0, 0.05) is 46.5 Å². The van der Waals surface area contributed by atoms with Crippen LogP contribution in [0.2, 0.25) is 0 Å². The Morgan fingerprint density at radius 1 is 0.329 bits per heavy atom. The van der Waals surface area contributed by atoms with E-state index < -0.39 is 5.41 Å². The van der Waals surface area contributed by atoms with E-state index in [2.05, 4.69) is 218 Å². The standard InChI is InChI=1S/C66H44N4/c1-41-36-47(40-67-39-41)46-33-35-53-57(38-46)61-51-23-12-11-22-50(51)60(53)56-37-45(32-34-52(56)61)42-28-30-44(31-29-42)64-68-63(43-16-5-2-6-17-43)69-65(70-64)55-25-15-27-59-62(55)54-24-13-14-26-58(54)66(59,48-18-7-3-8-19-48)49-20-9-4-10-21-49/h2-40,60-61H,1H3.